The second-order valence-corrected chi connectivity index (χ2v) is 6.69. The van der Waals surface area contributed by atoms with E-state index in [2.05, 4.69) is 34.1 Å². The van der Waals surface area contributed by atoms with E-state index in [4.69, 9.17) is 9.15 Å². The number of anilines is 1. The van der Waals surface area contributed by atoms with Gasteiger partial charge in [-0.25, -0.2) is 4.79 Å². The Hall–Kier alpha value is -2.57. The van der Waals surface area contributed by atoms with Crippen LogP contribution < -0.4 is 10.7 Å². The summed E-state index contributed by atoms with van der Waals surface area (Å²) in [5.41, 5.74) is 3.90. The minimum absolute atomic E-state index is 0.319. The molecule has 1 aromatic heterocycles. The van der Waals surface area contributed by atoms with E-state index in [-0.39, 0.29) is 5.76 Å². The number of para-hydroxylation sites is 2. The van der Waals surface area contributed by atoms with Crippen LogP contribution in [0.15, 0.2) is 57.7 Å². The highest BCUT2D eigenvalue weighted by Gasteiger charge is 2.12. The molecule has 6 nitrogen and oxygen atoms in total. The van der Waals surface area contributed by atoms with Crippen LogP contribution in [0.25, 0.3) is 11.1 Å². The van der Waals surface area contributed by atoms with Gasteiger partial charge in [0.15, 0.2) is 5.58 Å². The summed E-state index contributed by atoms with van der Waals surface area (Å²) in [4.78, 5) is 16.5. The van der Waals surface area contributed by atoms with E-state index < -0.39 is 0 Å². The van der Waals surface area contributed by atoms with Crippen LogP contribution >= 0.6 is 0 Å². The first-order valence-electron chi connectivity index (χ1n) is 8.89. The zero-order valence-corrected chi connectivity index (χ0v) is 14.9. The fraction of sp³-hybridized carbons (Fsp3) is 0.350. The van der Waals surface area contributed by atoms with E-state index >= 15 is 0 Å². The summed E-state index contributed by atoms with van der Waals surface area (Å²) < 4.78 is 12.4. The molecule has 4 rings (SSSR count). The summed E-state index contributed by atoms with van der Waals surface area (Å²) >= 11 is 0. The highest BCUT2D eigenvalue weighted by Crippen LogP contribution is 2.18. The predicted octanol–water partition coefficient (Wildman–Crippen LogP) is 2.52. The smallest absolute Gasteiger partial charge is 0.408 e. The Balaban J connectivity index is 1.43. The summed E-state index contributed by atoms with van der Waals surface area (Å²) in [6.07, 6.45) is 0. The van der Waals surface area contributed by atoms with E-state index in [1.165, 1.54) is 11.3 Å². The van der Waals surface area contributed by atoms with Crippen molar-refractivity contribution >= 4 is 16.8 Å². The molecule has 0 atom stereocenters. The van der Waals surface area contributed by atoms with Crippen molar-refractivity contribution in [3.63, 3.8) is 0 Å². The number of rotatable bonds is 5. The summed E-state index contributed by atoms with van der Waals surface area (Å²) in [6.45, 7) is 4.71. The number of hydrogen-bond acceptors (Lipinski definition) is 5. The van der Waals surface area contributed by atoms with Gasteiger partial charge in [-0.3, -0.25) is 9.47 Å². The normalized spacial score (nSPS) is 15.1. The van der Waals surface area contributed by atoms with Gasteiger partial charge in [0.1, 0.15) is 0 Å². The summed E-state index contributed by atoms with van der Waals surface area (Å²) in [7, 11) is 2.00. The Kier molecular flexibility index (Phi) is 4.77. The van der Waals surface area contributed by atoms with Crippen molar-refractivity contribution in [2.45, 2.75) is 13.2 Å². The van der Waals surface area contributed by atoms with Gasteiger partial charge < -0.3 is 14.1 Å². The van der Waals surface area contributed by atoms with Crippen LogP contribution in [0.4, 0.5) is 5.69 Å². The molecule has 1 aliphatic heterocycles. The highest BCUT2D eigenvalue weighted by atomic mass is 16.5. The molecule has 0 unspecified atom stereocenters. The van der Waals surface area contributed by atoms with Crippen LogP contribution in [0.5, 0.6) is 0 Å². The number of nitrogens with zero attached hydrogens (tertiary/aromatic N) is 3. The van der Waals surface area contributed by atoms with Crippen molar-refractivity contribution in [1.82, 2.24) is 9.47 Å². The molecule has 1 aliphatic rings. The maximum Gasteiger partial charge on any atom is 0.421 e. The third-order valence-electron chi connectivity index (χ3n) is 4.72. The van der Waals surface area contributed by atoms with Crippen molar-refractivity contribution in [1.29, 1.82) is 0 Å². The largest absolute Gasteiger partial charge is 0.421 e. The van der Waals surface area contributed by atoms with Crippen molar-refractivity contribution < 1.29 is 9.15 Å². The van der Waals surface area contributed by atoms with E-state index in [9.17, 15) is 4.79 Å². The number of hydrogen-bond donors (Lipinski definition) is 0. The average molecular weight is 353 g/mol. The summed E-state index contributed by atoms with van der Waals surface area (Å²) in [6, 6.07) is 16.1. The van der Waals surface area contributed by atoms with Crippen molar-refractivity contribution in [2.75, 3.05) is 38.3 Å². The molecule has 6 heteroatoms. The fourth-order valence-electron chi connectivity index (χ4n) is 3.38. The predicted molar refractivity (Wildman–Crippen MR) is 101 cm³/mol. The number of oxazole rings is 1. The van der Waals surface area contributed by atoms with Crippen LogP contribution in [0, 0.1) is 0 Å². The van der Waals surface area contributed by atoms with Gasteiger partial charge in [-0.15, -0.1) is 0 Å². The molecule has 0 radical (unpaired) electrons. The minimum atomic E-state index is -0.319. The van der Waals surface area contributed by atoms with Gasteiger partial charge >= 0.3 is 5.76 Å². The maximum absolute atomic E-state index is 12.1. The Bertz CT molecular complexity index is 923. The summed E-state index contributed by atoms with van der Waals surface area (Å²) in [5, 5.41) is 0. The molecule has 0 saturated carbocycles. The zero-order chi connectivity index (χ0) is 17.9. The molecule has 2 heterocycles. The quantitative estimate of drug-likeness (QED) is 0.705. The Morgan fingerprint density at radius 1 is 1.04 bits per heavy atom. The van der Waals surface area contributed by atoms with Gasteiger partial charge in [-0.1, -0.05) is 24.3 Å². The van der Waals surface area contributed by atoms with Crippen LogP contribution in [0.2, 0.25) is 0 Å². The molecular formula is C20H23N3O3. The molecule has 1 fully saturated rings. The number of morpholine rings is 1. The monoisotopic (exact) mass is 353 g/mol. The van der Waals surface area contributed by atoms with Gasteiger partial charge in [-0.2, -0.15) is 0 Å². The highest BCUT2D eigenvalue weighted by molar-refractivity contribution is 5.72. The molecular weight excluding hydrogens is 330 g/mol. The first-order valence-corrected chi connectivity index (χ1v) is 8.89. The Morgan fingerprint density at radius 3 is 2.54 bits per heavy atom. The van der Waals surface area contributed by atoms with Crippen LogP contribution in [-0.2, 0) is 18.0 Å². The van der Waals surface area contributed by atoms with E-state index in [0.29, 0.717) is 12.3 Å². The molecule has 0 spiro atoms. The van der Waals surface area contributed by atoms with Crippen LogP contribution in [-0.4, -0.2) is 42.8 Å². The van der Waals surface area contributed by atoms with E-state index in [1.54, 1.807) is 4.57 Å². The molecule has 136 valence electrons. The van der Waals surface area contributed by atoms with Crippen molar-refractivity contribution in [2.24, 2.45) is 0 Å². The van der Waals surface area contributed by atoms with Crippen LogP contribution in [0.1, 0.15) is 5.56 Å². The molecule has 0 bridgehead atoms. The third-order valence-corrected chi connectivity index (χ3v) is 4.72. The lowest BCUT2D eigenvalue weighted by Gasteiger charge is -2.29. The second kappa shape index (κ2) is 7.35. The van der Waals surface area contributed by atoms with E-state index in [1.807, 2.05) is 31.3 Å². The third kappa shape index (κ3) is 3.52. The molecule has 1 saturated heterocycles. The molecule has 0 amide bonds. The minimum Gasteiger partial charge on any atom is -0.408 e. The molecule has 3 aromatic rings. The lowest BCUT2D eigenvalue weighted by molar-refractivity contribution is 0.122. The lowest BCUT2D eigenvalue weighted by atomic mass is 10.2. The topological polar surface area (TPSA) is 50.9 Å². The van der Waals surface area contributed by atoms with Crippen molar-refractivity contribution in [3.05, 3.63) is 64.6 Å². The maximum atomic E-state index is 12.1. The first-order chi connectivity index (χ1) is 12.7. The number of aromatic nitrogens is 1. The number of fused-ring (bicyclic) bond motifs is 1. The van der Waals surface area contributed by atoms with Gasteiger partial charge in [0.2, 0.25) is 0 Å². The van der Waals surface area contributed by atoms with Crippen molar-refractivity contribution in [3.8, 4) is 0 Å². The van der Waals surface area contributed by atoms with Gasteiger partial charge in [0, 0.05) is 25.3 Å². The average Bonchev–Trinajstić information content (AvgIpc) is 2.98. The van der Waals surface area contributed by atoms with E-state index in [0.717, 1.165) is 38.4 Å². The molecule has 26 heavy (non-hydrogen) atoms. The molecule has 0 aliphatic carbocycles. The fourth-order valence-corrected chi connectivity index (χ4v) is 3.38. The molecule has 2 aromatic carbocycles. The van der Waals surface area contributed by atoms with Gasteiger partial charge in [-0.05, 0) is 36.9 Å². The molecule has 0 N–H and O–H groups in total. The number of benzene rings is 2. The standard InChI is InChI=1S/C20H23N3O3/c1-21(15-23-18-4-2-3-5-19(18)26-20(23)24)14-16-6-8-17(9-7-16)22-10-12-25-13-11-22/h2-9H,10-15H2,1H3. The summed E-state index contributed by atoms with van der Waals surface area (Å²) in [5.74, 6) is -0.319. The van der Waals surface area contributed by atoms with Gasteiger partial charge in [0.25, 0.3) is 0 Å². The van der Waals surface area contributed by atoms with Crippen LogP contribution in [0.3, 0.4) is 0 Å². The Morgan fingerprint density at radius 2 is 1.77 bits per heavy atom. The SMILES string of the molecule is CN(Cc1ccc(N2CCOCC2)cc1)Cn1c(=O)oc2ccccc21. The number of ether oxygens (including phenoxy) is 1. The lowest BCUT2D eigenvalue weighted by Crippen LogP contribution is -2.36. The Labute approximate surface area is 152 Å². The second-order valence-electron chi connectivity index (χ2n) is 6.69. The zero-order valence-electron chi connectivity index (χ0n) is 14.9. The first kappa shape index (κ1) is 16.9. The van der Waals surface area contributed by atoms with Gasteiger partial charge in [0.05, 0.1) is 25.4 Å².